The Bertz CT molecular complexity index is 661. The molecule has 0 bridgehead atoms. The highest BCUT2D eigenvalue weighted by Gasteiger charge is 2.33. The maximum absolute atomic E-state index is 12.5. The molecule has 1 fully saturated rings. The molecule has 1 aliphatic heterocycles. The lowest BCUT2D eigenvalue weighted by molar-refractivity contribution is -0.142. The van der Waals surface area contributed by atoms with Gasteiger partial charge in [-0.25, -0.2) is 8.42 Å². The summed E-state index contributed by atoms with van der Waals surface area (Å²) in [5, 5.41) is 17.6. The molecule has 6 nitrogen and oxygen atoms in total. The highest BCUT2D eigenvalue weighted by Crippen LogP contribution is 2.24. The molecule has 1 N–H and O–H groups in total. The average molecular weight is 308 g/mol. The van der Waals surface area contributed by atoms with Crippen molar-refractivity contribution in [2.75, 3.05) is 13.1 Å². The lowest BCUT2D eigenvalue weighted by atomic mass is 10.0. The topological polar surface area (TPSA) is 98.5 Å². The van der Waals surface area contributed by atoms with Crippen LogP contribution in [0, 0.1) is 17.2 Å². The van der Waals surface area contributed by atoms with Gasteiger partial charge in [0, 0.05) is 13.1 Å². The minimum Gasteiger partial charge on any atom is -0.481 e. The Kier molecular flexibility index (Phi) is 4.60. The van der Waals surface area contributed by atoms with Gasteiger partial charge in [-0.3, -0.25) is 4.79 Å². The van der Waals surface area contributed by atoms with Crippen LogP contribution in [0.5, 0.6) is 0 Å². The summed E-state index contributed by atoms with van der Waals surface area (Å²) in [6.07, 6.45) is 1.27. The molecule has 2 rings (SSSR count). The molecular weight excluding hydrogens is 292 g/mol. The van der Waals surface area contributed by atoms with E-state index in [-0.39, 0.29) is 17.9 Å². The number of aliphatic carboxylic acids is 1. The van der Waals surface area contributed by atoms with E-state index in [2.05, 4.69) is 0 Å². The molecule has 1 saturated heterocycles. The van der Waals surface area contributed by atoms with Gasteiger partial charge in [0.1, 0.15) is 0 Å². The largest absolute Gasteiger partial charge is 0.481 e. The molecule has 7 heteroatoms. The predicted molar refractivity (Wildman–Crippen MR) is 74.9 cm³/mol. The molecule has 112 valence electrons. The minimum absolute atomic E-state index is 0.0115. The molecule has 1 aromatic rings. The molecule has 1 aromatic carbocycles. The maximum Gasteiger partial charge on any atom is 0.307 e. The molecule has 0 amide bonds. The molecular formula is C14H16N2O4S. The number of carboxylic acid groups (broad SMARTS) is 1. The number of carboxylic acids is 1. The number of hydrogen-bond donors (Lipinski definition) is 1. The first kappa shape index (κ1) is 15.5. The van der Waals surface area contributed by atoms with Crippen molar-refractivity contribution in [3.63, 3.8) is 0 Å². The van der Waals surface area contributed by atoms with E-state index in [0.29, 0.717) is 19.4 Å². The second kappa shape index (κ2) is 6.24. The highest BCUT2D eigenvalue weighted by atomic mass is 32.2. The van der Waals surface area contributed by atoms with Crippen LogP contribution >= 0.6 is 0 Å². The monoisotopic (exact) mass is 308 g/mol. The highest BCUT2D eigenvalue weighted by molar-refractivity contribution is 7.89. The van der Waals surface area contributed by atoms with Gasteiger partial charge in [0.25, 0.3) is 0 Å². The minimum atomic E-state index is -3.67. The Morgan fingerprint density at radius 2 is 2.05 bits per heavy atom. The molecule has 1 atom stereocenters. The number of hydrogen-bond acceptors (Lipinski definition) is 4. The first-order chi connectivity index (χ1) is 9.95. The number of nitriles is 1. The van der Waals surface area contributed by atoms with Crippen LogP contribution in [0.3, 0.4) is 0 Å². The van der Waals surface area contributed by atoms with E-state index < -0.39 is 21.9 Å². The van der Waals surface area contributed by atoms with E-state index >= 15 is 0 Å². The van der Waals surface area contributed by atoms with Gasteiger partial charge < -0.3 is 5.11 Å². The van der Waals surface area contributed by atoms with Gasteiger partial charge in [-0.2, -0.15) is 9.57 Å². The number of rotatable bonds is 4. The van der Waals surface area contributed by atoms with Crippen molar-refractivity contribution < 1.29 is 18.3 Å². The third-order valence-electron chi connectivity index (χ3n) is 3.58. The molecule has 1 unspecified atom stereocenters. The summed E-state index contributed by atoms with van der Waals surface area (Å²) < 4.78 is 26.2. The number of sulfonamides is 1. The van der Waals surface area contributed by atoms with Crippen LogP contribution in [-0.2, 0) is 21.2 Å². The van der Waals surface area contributed by atoms with E-state index in [1.807, 2.05) is 6.07 Å². The smallest absolute Gasteiger partial charge is 0.307 e. The molecule has 1 aliphatic rings. The van der Waals surface area contributed by atoms with Gasteiger partial charge in [-0.1, -0.05) is 12.1 Å². The van der Waals surface area contributed by atoms with Gasteiger partial charge in [-0.05, 0) is 30.5 Å². The summed E-state index contributed by atoms with van der Waals surface area (Å²) in [5.41, 5.74) is 0.749. The van der Waals surface area contributed by atoms with Crippen molar-refractivity contribution in [3.8, 4) is 6.07 Å². The Morgan fingerprint density at radius 3 is 2.62 bits per heavy atom. The normalized spacial score (nSPS) is 19.9. The van der Waals surface area contributed by atoms with Crippen LogP contribution in [0.15, 0.2) is 29.2 Å². The van der Waals surface area contributed by atoms with E-state index in [1.54, 1.807) is 12.1 Å². The van der Waals surface area contributed by atoms with Gasteiger partial charge in [0.05, 0.1) is 23.3 Å². The fourth-order valence-electron chi connectivity index (χ4n) is 2.38. The summed E-state index contributed by atoms with van der Waals surface area (Å²) in [6, 6.07) is 8.14. The second-order valence-corrected chi connectivity index (χ2v) is 6.96. The quantitative estimate of drug-likeness (QED) is 0.902. The Hall–Kier alpha value is -1.91. The summed E-state index contributed by atoms with van der Waals surface area (Å²) in [5.74, 6) is -1.61. The zero-order valence-electron chi connectivity index (χ0n) is 11.4. The van der Waals surface area contributed by atoms with Crippen LogP contribution in [0.25, 0.3) is 0 Å². The van der Waals surface area contributed by atoms with Gasteiger partial charge in [0.15, 0.2) is 0 Å². The molecule has 0 aromatic heterocycles. The Morgan fingerprint density at radius 1 is 1.38 bits per heavy atom. The zero-order valence-corrected chi connectivity index (χ0v) is 12.2. The molecule has 0 saturated carbocycles. The SMILES string of the molecule is N#CCc1ccc(S(=O)(=O)N2CCCC(C(=O)O)C2)cc1. The summed E-state index contributed by atoms with van der Waals surface area (Å²) in [4.78, 5) is 11.2. The van der Waals surface area contributed by atoms with Crippen molar-refractivity contribution in [3.05, 3.63) is 29.8 Å². The van der Waals surface area contributed by atoms with E-state index in [0.717, 1.165) is 5.56 Å². The lowest BCUT2D eigenvalue weighted by Gasteiger charge is -2.29. The predicted octanol–water partition coefficient (Wildman–Crippen LogP) is 1.24. The van der Waals surface area contributed by atoms with Crippen molar-refractivity contribution in [1.29, 1.82) is 5.26 Å². The molecule has 21 heavy (non-hydrogen) atoms. The van der Waals surface area contributed by atoms with Crippen molar-refractivity contribution in [2.24, 2.45) is 5.92 Å². The number of nitrogens with zero attached hydrogens (tertiary/aromatic N) is 2. The first-order valence-corrected chi connectivity index (χ1v) is 8.08. The fraction of sp³-hybridized carbons (Fsp3) is 0.429. The number of benzene rings is 1. The van der Waals surface area contributed by atoms with Crippen molar-refractivity contribution in [1.82, 2.24) is 4.31 Å². The third kappa shape index (κ3) is 3.40. The van der Waals surface area contributed by atoms with Gasteiger partial charge in [0.2, 0.25) is 10.0 Å². The van der Waals surface area contributed by atoms with Crippen LogP contribution in [-0.4, -0.2) is 36.9 Å². The van der Waals surface area contributed by atoms with Crippen LogP contribution in [0.4, 0.5) is 0 Å². The third-order valence-corrected chi connectivity index (χ3v) is 5.46. The Labute approximate surface area is 123 Å². The maximum atomic E-state index is 12.5. The number of carbonyl (C=O) groups is 1. The van der Waals surface area contributed by atoms with Gasteiger partial charge in [-0.15, -0.1) is 0 Å². The van der Waals surface area contributed by atoms with Gasteiger partial charge >= 0.3 is 5.97 Å². The van der Waals surface area contributed by atoms with Crippen LogP contribution in [0.2, 0.25) is 0 Å². The van der Waals surface area contributed by atoms with Crippen LogP contribution < -0.4 is 0 Å². The average Bonchev–Trinajstić information content (AvgIpc) is 2.48. The first-order valence-electron chi connectivity index (χ1n) is 6.64. The molecule has 0 spiro atoms. The van der Waals surface area contributed by atoms with Crippen LogP contribution in [0.1, 0.15) is 18.4 Å². The molecule has 0 aliphatic carbocycles. The Balaban J connectivity index is 2.21. The molecule has 1 heterocycles. The zero-order chi connectivity index (χ0) is 15.5. The summed E-state index contributed by atoms with van der Waals surface area (Å²) >= 11 is 0. The van der Waals surface area contributed by atoms with E-state index in [1.165, 1.54) is 16.4 Å². The van der Waals surface area contributed by atoms with Crippen molar-refractivity contribution >= 4 is 16.0 Å². The lowest BCUT2D eigenvalue weighted by Crippen LogP contribution is -2.42. The standard InChI is InChI=1S/C14H16N2O4S/c15-8-7-11-3-5-13(6-4-11)21(19,20)16-9-1-2-12(10-16)14(17)18/h3-6,12H,1-2,7,9-10H2,(H,17,18). The summed E-state index contributed by atoms with van der Waals surface area (Å²) in [7, 11) is -3.67. The number of piperidine rings is 1. The van der Waals surface area contributed by atoms with E-state index in [9.17, 15) is 13.2 Å². The second-order valence-electron chi connectivity index (χ2n) is 5.02. The van der Waals surface area contributed by atoms with E-state index in [4.69, 9.17) is 10.4 Å². The van der Waals surface area contributed by atoms with Crippen molar-refractivity contribution in [2.45, 2.75) is 24.2 Å². The summed E-state index contributed by atoms with van der Waals surface area (Å²) in [6.45, 7) is 0.351. The fourth-order valence-corrected chi connectivity index (χ4v) is 3.91. The molecule has 0 radical (unpaired) electrons.